The van der Waals surface area contributed by atoms with Crippen LogP contribution >= 0.6 is 11.6 Å². The van der Waals surface area contributed by atoms with E-state index in [-0.39, 0.29) is 0 Å². The number of anilines is 1. The Morgan fingerprint density at radius 1 is 1.38 bits per heavy atom. The highest BCUT2D eigenvalue weighted by Crippen LogP contribution is 2.31. The molecule has 0 atom stereocenters. The molecular weight excluding hydrogens is 288 g/mol. The Kier molecular flexibility index (Phi) is 3.66. The van der Waals surface area contributed by atoms with E-state index in [9.17, 15) is 0 Å². The van der Waals surface area contributed by atoms with Gasteiger partial charge in [0.2, 0.25) is 5.65 Å². The topological polar surface area (TPSA) is 51.5 Å². The smallest absolute Gasteiger partial charge is 0.265 e. The van der Waals surface area contributed by atoms with Crippen molar-refractivity contribution in [3.05, 3.63) is 47.4 Å². The molecular formula is C15H15ClN4O. The first kappa shape index (κ1) is 13.7. The summed E-state index contributed by atoms with van der Waals surface area (Å²) < 4.78 is 7.72. The number of imidazole rings is 1. The summed E-state index contributed by atoms with van der Waals surface area (Å²) in [4.78, 5) is 8.71. The van der Waals surface area contributed by atoms with Gasteiger partial charge in [0.15, 0.2) is 0 Å². The van der Waals surface area contributed by atoms with E-state index >= 15 is 0 Å². The standard InChI is InChI=1S/C15H15ClN4O/c1-3-17-13-9-20-7-6-18-14(20)15(19-13)21-12-5-4-10(2)8-11(12)16/h4-9,17H,3H2,1-2H3. The zero-order valence-electron chi connectivity index (χ0n) is 11.8. The molecule has 0 aliphatic carbocycles. The fourth-order valence-corrected chi connectivity index (χ4v) is 2.30. The molecule has 0 aliphatic heterocycles. The molecule has 1 aromatic carbocycles. The second kappa shape index (κ2) is 5.61. The van der Waals surface area contributed by atoms with Crippen molar-refractivity contribution in [1.82, 2.24) is 14.4 Å². The first-order valence-electron chi connectivity index (χ1n) is 6.69. The number of benzene rings is 1. The summed E-state index contributed by atoms with van der Waals surface area (Å²) in [5.41, 5.74) is 1.72. The van der Waals surface area contributed by atoms with Gasteiger partial charge in [-0.1, -0.05) is 17.7 Å². The van der Waals surface area contributed by atoms with Gasteiger partial charge in [-0.25, -0.2) is 4.98 Å². The molecule has 3 rings (SSSR count). The van der Waals surface area contributed by atoms with E-state index in [0.717, 1.165) is 17.9 Å². The molecule has 2 heterocycles. The van der Waals surface area contributed by atoms with Crippen molar-refractivity contribution in [2.75, 3.05) is 11.9 Å². The van der Waals surface area contributed by atoms with Gasteiger partial charge in [-0.3, -0.25) is 4.40 Å². The number of ether oxygens (including phenoxy) is 1. The summed E-state index contributed by atoms with van der Waals surface area (Å²) >= 11 is 6.21. The van der Waals surface area contributed by atoms with Crippen molar-refractivity contribution in [2.24, 2.45) is 0 Å². The van der Waals surface area contributed by atoms with Gasteiger partial charge in [0.1, 0.15) is 11.6 Å². The zero-order valence-corrected chi connectivity index (χ0v) is 12.6. The molecule has 0 saturated carbocycles. The summed E-state index contributed by atoms with van der Waals surface area (Å²) in [5.74, 6) is 1.71. The molecule has 108 valence electrons. The van der Waals surface area contributed by atoms with Gasteiger partial charge in [0.05, 0.1) is 11.2 Å². The highest BCUT2D eigenvalue weighted by Gasteiger charge is 2.11. The quantitative estimate of drug-likeness (QED) is 0.793. The van der Waals surface area contributed by atoms with Gasteiger partial charge < -0.3 is 10.1 Å². The van der Waals surface area contributed by atoms with E-state index in [1.807, 2.05) is 48.8 Å². The predicted molar refractivity (Wildman–Crippen MR) is 83.4 cm³/mol. The molecule has 2 aromatic heterocycles. The molecule has 0 unspecified atom stereocenters. The maximum atomic E-state index is 6.21. The Labute approximate surface area is 127 Å². The summed E-state index contributed by atoms with van der Waals surface area (Å²) in [6.45, 7) is 4.77. The van der Waals surface area contributed by atoms with E-state index in [1.165, 1.54) is 0 Å². The molecule has 0 aliphatic rings. The number of aryl methyl sites for hydroxylation is 1. The SMILES string of the molecule is CCNc1cn2ccnc2c(Oc2ccc(C)cc2Cl)n1. The minimum atomic E-state index is 0.421. The Bertz CT molecular complexity index is 784. The lowest BCUT2D eigenvalue weighted by Gasteiger charge is -2.10. The molecule has 0 fully saturated rings. The fourth-order valence-electron chi connectivity index (χ4n) is 2.03. The van der Waals surface area contributed by atoms with Crippen LogP contribution in [0.2, 0.25) is 5.02 Å². The monoisotopic (exact) mass is 302 g/mol. The van der Waals surface area contributed by atoms with E-state index in [4.69, 9.17) is 16.3 Å². The Balaban J connectivity index is 2.04. The van der Waals surface area contributed by atoms with Crippen molar-refractivity contribution in [1.29, 1.82) is 0 Å². The van der Waals surface area contributed by atoms with Crippen LogP contribution in [0.3, 0.4) is 0 Å². The average molecular weight is 303 g/mol. The minimum Gasteiger partial charge on any atom is -0.434 e. The van der Waals surface area contributed by atoms with Crippen molar-refractivity contribution < 1.29 is 4.74 Å². The molecule has 3 aromatic rings. The number of rotatable bonds is 4. The van der Waals surface area contributed by atoms with Gasteiger partial charge in [-0.2, -0.15) is 4.98 Å². The van der Waals surface area contributed by atoms with Crippen LogP contribution < -0.4 is 10.1 Å². The van der Waals surface area contributed by atoms with Crippen LogP contribution in [0.15, 0.2) is 36.8 Å². The summed E-state index contributed by atoms with van der Waals surface area (Å²) in [5, 5.41) is 3.72. The largest absolute Gasteiger partial charge is 0.434 e. The molecule has 21 heavy (non-hydrogen) atoms. The lowest BCUT2D eigenvalue weighted by Crippen LogP contribution is -2.03. The Morgan fingerprint density at radius 3 is 3.00 bits per heavy atom. The second-order valence-corrected chi connectivity index (χ2v) is 5.06. The van der Waals surface area contributed by atoms with Crippen LogP contribution in [0.5, 0.6) is 11.6 Å². The molecule has 0 spiro atoms. The molecule has 1 N–H and O–H groups in total. The highest BCUT2D eigenvalue weighted by molar-refractivity contribution is 6.32. The number of hydrogen-bond acceptors (Lipinski definition) is 4. The van der Waals surface area contributed by atoms with E-state index < -0.39 is 0 Å². The molecule has 5 nitrogen and oxygen atoms in total. The summed E-state index contributed by atoms with van der Waals surface area (Å²) in [6, 6.07) is 5.63. The van der Waals surface area contributed by atoms with Crippen LogP contribution in [-0.4, -0.2) is 20.9 Å². The highest BCUT2D eigenvalue weighted by atomic mass is 35.5. The Hall–Kier alpha value is -2.27. The van der Waals surface area contributed by atoms with Gasteiger partial charge in [0, 0.05) is 18.9 Å². The van der Waals surface area contributed by atoms with E-state index in [0.29, 0.717) is 22.3 Å². The minimum absolute atomic E-state index is 0.421. The maximum Gasteiger partial charge on any atom is 0.265 e. The summed E-state index contributed by atoms with van der Waals surface area (Å²) in [7, 11) is 0. The number of fused-ring (bicyclic) bond motifs is 1. The third-order valence-corrected chi connectivity index (χ3v) is 3.29. The van der Waals surface area contributed by atoms with Crippen LogP contribution in [0.25, 0.3) is 5.65 Å². The second-order valence-electron chi connectivity index (χ2n) is 4.66. The Morgan fingerprint density at radius 2 is 2.24 bits per heavy atom. The van der Waals surface area contributed by atoms with Crippen molar-refractivity contribution in [3.8, 4) is 11.6 Å². The number of nitrogens with one attached hydrogen (secondary N) is 1. The predicted octanol–water partition coefficient (Wildman–Crippen LogP) is 3.92. The molecule has 0 radical (unpaired) electrons. The third kappa shape index (κ3) is 2.78. The van der Waals surface area contributed by atoms with Crippen LogP contribution in [0, 0.1) is 6.92 Å². The van der Waals surface area contributed by atoms with Crippen molar-refractivity contribution >= 4 is 23.1 Å². The number of hydrogen-bond donors (Lipinski definition) is 1. The zero-order chi connectivity index (χ0) is 14.8. The van der Waals surface area contributed by atoms with Crippen molar-refractivity contribution in [3.63, 3.8) is 0 Å². The molecule has 6 heteroatoms. The van der Waals surface area contributed by atoms with E-state index in [2.05, 4.69) is 15.3 Å². The van der Waals surface area contributed by atoms with Crippen LogP contribution in [-0.2, 0) is 0 Å². The van der Waals surface area contributed by atoms with E-state index in [1.54, 1.807) is 6.20 Å². The molecule has 0 bridgehead atoms. The summed E-state index contributed by atoms with van der Waals surface area (Å²) in [6.07, 6.45) is 5.42. The number of aromatic nitrogens is 3. The maximum absolute atomic E-state index is 6.21. The lowest BCUT2D eigenvalue weighted by molar-refractivity contribution is 0.466. The third-order valence-electron chi connectivity index (χ3n) is 3.00. The normalized spacial score (nSPS) is 10.8. The molecule has 0 amide bonds. The van der Waals surface area contributed by atoms with Crippen molar-refractivity contribution in [2.45, 2.75) is 13.8 Å². The van der Waals surface area contributed by atoms with Gasteiger partial charge in [-0.15, -0.1) is 0 Å². The lowest BCUT2D eigenvalue weighted by atomic mass is 10.2. The van der Waals surface area contributed by atoms with Gasteiger partial charge in [0.25, 0.3) is 5.88 Å². The van der Waals surface area contributed by atoms with Gasteiger partial charge >= 0.3 is 0 Å². The van der Waals surface area contributed by atoms with Crippen LogP contribution in [0.1, 0.15) is 12.5 Å². The number of halogens is 1. The first-order valence-corrected chi connectivity index (χ1v) is 7.06. The molecule has 0 saturated heterocycles. The van der Waals surface area contributed by atoms with Gasteiger partial charge in [-0.05, 0) is 31.5 Å². The number of nitrogens with zero attached hydrogens (tertiary/aromatic N) is 3. The fraction of sp³-hybridized carbons (Fsp3) is 0.200. The average Bonchev–Trinajstić information content (AvgIpc) is 2.91. The first-order chi connectivity index (χ1) is 10.2. The van der Waals surface area contributed by atoms with Crippen LogP contribution in [0.4, 0.5) is 5.82 Å².